The van der Waals surface area contributed by atoms with Gasteiger partial charge in [-0.2, -0.15) is 0 Å². The molecule has 0 bridgehead atoms. The lowest BCUT2D eigenvalue weighted by atomic mass is 9.91. The maximum absolute atomic E-state index is 13.4. The molecule has 0 radical (unpaired) electrons. The second-order valence-corrected chi connectivity index (χ2v) is 7.95. The number of rotatable bonds is 3. The fourth-order valence-corrected chi connectivity index (χ4v) is 5.28. The number of fused-ring (bicyclic) bond motifs is 1. The third-order valence-electron chi connectivity index (χ3n) is 5.13. The Morgan fingerprint density at radius 2 is 1.73 bits per heavy atom. The SMILES string of the molecule is COC(=O)[C@@]1(Br)[C@H]2C(=O)N(c3ccccc3)C(=O)[C@@]21c1ccc(Cl)cc1. The Hall–Kier alpha value is -2.18. The fourth-order valence-electron chi connectivity index (χ4n) is 3.94. The first kappa shape index (κ1) is 17.2. The number of halogens is 2. The highest BCUT2D eigenvalue weighted by atomic mass is 79.9. The third-order valence-corrected chi connectivity index (χ3v) is 6.78. The van der Waals surface area contributed by atoms with Crippen LogP contribution in [0.25, 0.3) is 0 Å². The maximum atomic E-state index is 13.4. The number of carbonyl (C=O) groups is 3. The summed E-state index contributed by atoms with van der Waals surface area (Å²) in [5, 5.41) is 0.497. The Bertz CT molecular complexity index is 932. The summed E-state index contributed by atoms with van der Waals surface area (Å²) in [4.78, 5) is 40.1. The van der Waals surface area contributed by atoms with E-state index in [9.17, 15) is 14.4 Å². The van der Waals surface area contributed by atoms with Crippen LogP contribution in [0.15, 0.2) is 54.6 Å². The molecule has 132 valence electrons. The second kappa shape index (κ2) is 5.66. The molecule has 2 aromatic rings. The smallest absolute Gasteiger partial charge is 0.324 e. The van der Waals surface area contributed by atoms with Gasteiger partial charge < -0.3 is 4.74 Å². The average molecular weight is 435 g/mol. The third kappa shape index (κ3) is 1.89. The number of para-hydroxylation sites is 1. The van der Waals surface area contributed by atoms with Crippen molar-refractivity contribution >= 4 is 51.0 Å². The van der Waals surface area contributed by atoms with Gasteiger partial charge in [0, 0.05) is 5.02 Å². The number of piperidine rings is 1. The Kier molecular flexibility index (Phi) is 3.75. The van der Waals surface area contributed by atoms with Crippen LogP contribution in [0.4, 0.5) is 5.69 Å². The van der Waals surface area contributed by atoms with Crippen LogP contribution in [0.3, 0.4) is 0 Å². The summed E-state index contributed by atoms with van der Waals surface area (Å²) in [6, 6.07) is 15.3. The monoisotopic (exact) mass is 433 g/mol. The summed E-state index contributed by atoms with van der Waals surface area (Å²) < 4.78 is 3.47. The maximum Gasteiger partial charge on any atom is 0.324 e. The van der Waals surface area contributed by atoms with E-state index in [1.54, 1.807) is 54.6 Å². The van der Waals surface area contributed by atoms with E-state index in [0.717, 1.165) is 4.90 Å². The van der Waals surface area contributed by atoms with E-state index in [4.69, 9.17) is 16.3 Å². The van der Waals surface area contributed by atoms with Crippen LogP contribution < -0.4 is 4.90 Å². The number of carbonyl (C=O) groups excluding carboxylic acids is 3. The predicted molar refractivity (Wildman–Crippen MR) is 99.2 cm³/mol. The molecule has 2 aromatic carbocycles. The molecule has 0 spiro atoms. The zero-order chi connectivity index (χ0) is 18.7. The molecule has 7 heteroatoms. The highest BCUT2D eigenvalue weighted by Gasteiger charge is 2.92. The van der Waals surface area contributed by atoms with E-state index < -0.39 is 33.4 Å². The van der Waals surface area contributed by atoms with Crippen molar-refractivity contribution < 1.29 is 19.1 Å². The second-order valence-electron chi connectivity index (χ2n) is 6.27. The van der Waals surface area contributed by atoms with Crippen molar-refractivity contribution in [3.63, 3.8) is 0 Å². The summed E-state index contributed by atoms with van der Waals surface area (Å²) >= 11 is 9.34. The van der Waals surface area contributed by atoms with Crippen molar-refractivity contribution in [3.05, 3.63) is 65.2 Å². The lowest BCUT2D eigenvalue weighted by molar-refractivity contribution is -0.143. The highest BCUT2D eigenvalue weighted by Crippen LogP contribution is 2.73. The summed E-state index contributed by atoms with van der Waals surface area (Å²) in [5.41, 5.74) is -0.328. The normalized spacial score (nSPS) is 29.5. The number of anilines is 1. The number of alkyl halides is 1. The van der Waals surface area contributed by atoms with Crippen molar-refractivity contribution in [1.29, 1.82) is 0 Å². The Balaban J connectivity index is 1.89. The number of methoxy groups -OCH3 is 1. The standard InChI is InChI=1S/C19H13BrClNO4/c1-26-17(25)19(20)14-15(23)22(13-5-3-2-4-6-13)16(24)18(14,19)11-7-9-12(21)10-8-11/h2-10,14H,1H3/t14-,18+,19-/m0/s1. The minimum absolute atomic E-state index is 0.432. The number of imide groups is 1. The first-order valence-corrected chi connectivity index (χ1v) is 9.04. The lowest BCUT2D eigenvalue weighted by Crippen LogP contribution is -2.46. The topological polar surface area (TPSA) is 63.7 Å². The molecule has 2 aliphatic rings. The van der Waals surface area contributed by atoms with Crippen molar-refractivity contribution in [1.82, 2.24) is 0 Å². The summed E-state index contributed by atoms with van der Waals surface area (Å²) in [6.07, 6.45) is 0. The molecule has 26 heavy (non-hydrogen) atoms. The highest BCUT2D eigenvalue weighted by molar-refractivity contribution is 9.10. The molecule has 2 amide bonds. The number of ether oxygens (including phenoxy) is 1. The van der Waals surface area contributed by atoms with Gasteiger partial charge in [-0.15, -0.1) is 0 Å². The van der Waals surface area contributed by atoms with Gasteiger partial charge in [0.05, 0.1) is 18.7 Å². The number of benzene rings is 2. The molecule has 1 heterocycles. The van der Waals surface area contributed by atoms with Gasteiger partial charge in [0.2, 0.25) is 11.8 Å². The number of hydrogen-bond acceptors (Lipinski definition) is 4. The minimum Gasteiger partial charge on any atom is -0.468 e. The van der Waals surface area contributed by atoms with E-state index in [0.29, 0.717) is 16.3 Å². The van der Waals surface area contributed by atoms with Crippen molar-refractivity contribution in [2.24, 2.45) is 5.92 Å². The van der Waals surface area contributed by atoms with Gasteiger partial charge >= 0.3 is 5.97 Å². The first-order valence-electron chi connectivity index (χ1n) is 7.87. The van der Waals surface area contributed by atoms with Crippen molar-refractivity contribution in [3.8, 4) is 0 Å². The molecule has 3 atom stereocenters. The number of amides is 2. The molecule has 0 aromatic heterocycles. The molecule has 5 nitrogen and oxygen atoms in total. The van der Waals surface area contributed by atoms with Gasteiger partial charge in [-0.05, 0) is 29.8 Å². The molecular weight excluding hydrogens is 422 g/mol. The van der Waals surface area contributed by atoms with Gasteiger partial charge in [-0.3, -0.25) is 14.4 Å². The molecule has 1 saturated carbocycles. The quantitative estimate of drug-likeness (QED) is 0.423. The van der Waals surface area contributed by atoms with Gasteiger partial charge in [0.1, 0.15) is 5.41 Å². The van der Waals surface area contributed by atoms with Crippen molar-refractivity contribution in [2.45, 2.75) is 9.74 Å². The fraction of sp³-hybridized carbons (Fsp3) is 0.211. The van der Waals surface area contributed by atoms with Gasteiger partial charge in [0.15, 0.2) is 4.32 Å². The molecule has 1 aliphatic heterocycles. The average Bonchev–Trinajstić information content (AvgIpc) is 3.15. The Morgan fingerprint density at radius 1 is 1.12 bits per heavy atom. The number of hydrogen-bond donors (Lipinski definition) is 0. The van der Waals surface area contributed by atoms with Gasteiger partial charge in [0.25, 0.3) is 0 Å². The van der Waals surface area contributed by atoms with Crippen molar-refractivity contribution in [2.75, 3.05) is 12.0 Å². The van der Waals surface area contributed by atoms with Crippen LogP contribution in [-0.2, 0) is 24.5 Å². The van der Waals surface area contributed by atoms with E-state index >= 15 is 0 Å². The van der Waals surface area contributed by atoms with E-state index in [-0.39, 0.29) is 0 Å². The zero-order valence-corrected chi connectivity index (χ0v) is 16.0. The molecule has 1 aliphatic carbocycles. The Morgan fingerprint density at radius 3 is 2.31 bits per heavy atom. The Labute approximate surface area is 163 Å². The van der Waals surface area contributed by atoms with E-state index in [1.165, 1.54) is 7.11 Å². The molecule has 1 saturated heterocycles. The number of esters is 1. The molecular formula is C19H13BrClNO4. The first-order chi connectivity index (χ1) is 12.4. The predicted octanol–water partition coefficient (Wildman–Crippen LogP) is 3.09. The molecule has 0 N–H and O–H groups in total. The summed E-state index contributed by atoms with van der Waals surface area (Å²) in [7, 11) is 1.23. The van der Waals surface area contributed by atoms with Crippen LogP contribution in [0.1, 0.15) is 5.56 Å². The largest absolute Gasteiger partial charge is 0.468 e. The van der Waals surface area contributed by atoms with Crippen LogP contribution in [0.5, 0.6) is 0 Å². The van der Waals surface area contributed by atoms with Crippen LogP contribution >= 0.6 is 27.5 Å². The van der Waals surface area contributed by atoms with Crippen LogP contribution in [0.2, 0.25) is 5.02 Å². The molecule has 0 unspecified atom stereocenters. The molecule has 2 fully saturated rings. The van der Waals surface area contributed by atoms with E-state index in [1.807, 2.05) is 0 Å². The van der Waals surface area contributed by atoms with Crippen LogP contribution in [-0.4, -0.2) is 29.2 Å². The van der Waals surface area contributed by atoms with Gasteiger partial charge in [-0.1, -0.05) is 57.9 Å². The minimum atomic E-state index is -1.41. The van der Waals surface area contributed by atoms with Gasteiger partial charge in [-0.25, -0.2) is 4.90 Å². The number of nitrogens with zero attached hydrogens (tertiary/aromatic N) is 1. The lowest BCUT2D eigenvalue weighted by Gasteiger charge is -2.25. The van der Waals surface area contributed by atoms with Crippen LogP contribution in [0, 0.1) is 5.92 Å². The molecule has 4 rings (SSSR count). The summed E-state index contributed by atoms with van der Waals surface area (Å²) in [5.74, 6) is -2.41. The summed E-state index contributed by atoms with van der Waals surface area (Å²) in [6.45, 7) is 0. The van der Waals surface area contributed by atoms with E-state index in [2.05, 4.69) is 15.9 Å². The zero-order valence-electron chi connectivity index (χ0n) is 13.6.